The number of esters is 1. The molecule has 1 N–H and O–H groups in total. The van der Waals surface area contributed by atoms with E-state index in [1.807, 2.05) is 66.4 Å². The summed E-state index contributed by atoms with van der Waals surface area (Å²) in [6, 6.07) is 11.1. The minimum atomic E-state index is -0.496. The first-order valence-corrected chi connectivity index (χ1v) is 12.3. The third kappa shape index (κ3) is 5.63. The van der Waals surface area contributed by atoms with Crippen molar-refractivity contribution in [3.63, 3.8) is 0 Å². The molecule has 182 valence electrons. The van der Waals surface area contributed by atoms with E-state index in [1.165, 1.54) is 11.3 Å². The molecule has 0 aliphatic rings. The first-order valence-electron chi connectivity index (χ1n) is 11.4. The highest BCUT2D eigenvalue weighted by Crippen LogP contribution is 2.37. The van der Waals surface area contributed by atoms with Gasteiger partial charge in [0.15, 0.2) is 18.0 Å². The number of ether oxygens (including phenoxy) is 3. The van der Waals surface area contributed by atoms with E-state index < -0.39 is 11.9 Å². The number of nitrogens with zero attached hydrogens (tertiary/aromatic N) is 2. The van der Waals surface area contributed by atoms with E-state index in [9.17, 15) is 9.59 Å². The van der Waals surface area contributed by atoms with Gasteiger partial charge in [-0.05, 0) is 50.1 Å². The SMILES string of the molecule is CCCOc1ccc(-c2csc(NC(=O)COc3cccn4cc(C)nc34)c2C(=O)OCC)cc1. The van der Waals surface area contributed by atoms with Gasteiger partial charge >= 0.3 is 5.97 Å². The van der Waals surface area contributed by atoms with Crippen molar-refractivity contribution >= 4 is 33.9 Å². The van der Waals surface area contributed by atoms with Crippen LogP contribution in [0.1, 0.15) is 36.3 Å². The normalized spacial score (nSPS) is 10.8. The summed E-state index contributed by atoms with van der Waals surface area (Å²) in [7, 11) is 0. The van der Waals surface area contributed by atoms with E-state index in [0.29, 0.717) is 34.1 Å². The second-order valence-electron chi connectivity index (χ2n) is 7.77. The summed E-state index contributed by atoms with van der Waals surface area (Å²) >= 11 is 1.26. The fourth-order valence-electron chi connectivity index (χ4n) is 3.55. The summed E-state index contributed by atoms with van der Waals surface area (Å²) in [5.41, 5.74) is 3.31. The smallest absolute Gasteiger partial charge is 0.341 e. The Hall–Kier alpha value is -3.85. The summed E-state index contributed by atoms with van der Waals surface area (Å²) in [5.74, 6) is 0.372. The molecule has 1 amide bonds. The van der Waals surface area contributed by atoms with Gasteiger partial charge in [0, 0.05) is 23.3 Å². The Morgan fingerprint density at radius 1 is 1.11 bits per heavy atom. The molecular weight excluding hydrogens is 466 g/mol. The van der Waals surface area contributed by atoms with E-state index in [1.54, 1.807) is 13.0 Å². The van der Waals surface area contributed by atoms with Crippen LogP contribution in [0.3, 0.4) is 0 Å². The summed E-state index contributed by atoms with van der Waals surface area (Å²) in [6.07, 6.45) is 4.66. The molecule has 0 radical (unpaired) electrons. The summed E-state index contributed by atoms with van der Waals surface area (Å²) < 4.78 is 18.5. The highest BCUT2D eigenvalue weighted by atomic mass is 32.1. The Kier molecular flexibility index (Phi) is 7.67. The Labute approximate surface area is 207 Å². The van der Waals surface area contributed by atoms with E-state index in [2.05, 4.69) is 10.3 Å². The van der Waals surface area contributed by atoms with Crippen molar-refractivity contribution < 1.29 is 23.8 Å². The Balaban J connectivity index is 1.52. The highest BCUT2D eigenvalue weighted by Gasteiger charge is 2.23. The molecule has 1 aromatic carbocycles. The van der Waals surface area contributed by atoms with Crippen molar-refractivity contribution in [2.45, 2.75) is 27.2 Å². The molecule has 3 aromatic heterocycles. The number of hydrogen-bond acceptors (Lipinski definition) is 7. The van der Waals surface area contributed by atoms with Crippen molar-refractivity contribution in [1.82, 2.24) is 9.38 Å². The second kappa shape index (κ2) is 11.1. The summed E-state index contributed by atoms with van der Waals surface area (Å²) in [6.45, 7) is 6.31. The molecule has 3 heterocycles. The van der Waals surface area contributed by atoms with Gasteiger partial charge in [0.1, 0.15) is 16.3 Å². The molecule has 35 heavy (non-hydrogen) atoms. The molecule has 4 aromatic rings. The molecular formula is C26H27N3O5S. The van der Waals surface area contributed by atoms with Crippen LogP contribution in [0.25, 0.3) is 16.8 Å². The number of benzene rings is 1. The molecule has 0 saturated carbocycles. The number of carbonyl (C=O) groups is 2. The monoisotopic (exact) mass is 493 g/mol. The van der Waals surface area contributed by atoms with Crippen molar-refractivity contribution in [2.24, 2.45) is 0 Å². The number of aromatic nitrogens is 2. The molecule has 0 unspecified atom stereocenters. The van der Waals surface area contributed by atoms with Crippen molar-refractivity contribution in [2.75, 3.05) is 25.1 Å². The Morgan fingerprint density at radius 2 is 1.91 bits per heavy atom. The summed E-state index contributed by atoms with van der Waals surface area (Å²) in [4.78, 5) is 30.0. The van der Waals surface area contributed by atoms with Crippen LogP contribution in [0, 0.1) is 6.92 Å². The third-order valence-electron chi connectivity index (χ3n) is 5.09. The summed E-state index contributed by atoms with van der Waals surface area (Å²) in [5, 5.41) is 5.05. The van der Waals surface area contributed by atoms with Crippen molar-refractivity contribution in [3.8, 4) is 22.6 Å². The van der Waals surface area contributed by atoms with Crippen LogP contribution in [-0.2, 0) is 9.53 Å². The van der Waals surface area contributed by atoms with Crippen LogP contribution < -0.4 is 14.8 Å². The number of imidazole rings is 1. The third-order valence-corrected chi connectivity index (χ3v) is 5.98. The Bertz CT molecular complexity index is 1330. The lowest BCUT2D eigenvalue weighted by Gasteiger charge is -2.10. The Morgan fingerprint density at radius 3 is 2.66 bits per heavy atom. The number of anilines is 1. The molecule has 9 heteroatoms. The maximum Gasteiger partial charge on any atom is 0.341 e. The number of fused-ring (bicyclic) bond motifs is 1. The van der Waals surface area contributed by atoms with Gasteiger partial charge in [-0.1, -0.05) is 19.1 Å². The van der Waals surface area contributed by atoms with Gasteiger partial charge < -0.3 is 23.9 Å². The van der Waals surface area contributed by atoms with Gasteiger partial charge in [0.25, 0.3) is 5.91 Å². The fourth-order valence-corrected chi connectivity index (χ4v) is 4.52. The number of carbonyl (C=O) groups excluding carboxylic acids is 2. The average Bonchev–Trinajstić information content (AvgIpc) is 3.44. The number of aryl methyl sites for hydroxylation is 1. The number of amides is 1. The van der Waals surface area contributed by atoms with E-state index >= 15 is 0 Å². The molecule has 8 nitrogen and oxygen atoms in total. The maximum absolute atomic E-state index is 12.8. The van der Waals surface area contributed by atoms with E-state index in [-0.39, 0.29) is 13.2 Å². The van der Waals surface area contributed by atoms with Crippen molar-refractivity contribution in [3.05, 3.63) is 65.4 Å². The average molecular weight is 494 g/mol. The van der Waals surface area contributed by atoms with Crippen LogP contribution in [-0.4, -0.2) is 41.1 Å². The van der Waals surface area contributed by atoms with Crippen LogP contribution in [0.2, 0.25) is 0 Å². The number of pyridine rings is 1. The van der Waals surface area contributed by atoms with Crippen LogP contribution in [0.4, 0.5) is 5.00 Å². The van der Waals surface area contributed by atoms with Crippen LogP contribution in [0.5, 0.6) is 11.5 Å². The van der Waals surface area contributed by atoms with Crippen molar-refractivity contribution in [1.29, 1.82) is 0 Å². The minimum absolute atomic E-state index is 0.224. The maximum atomic E-state index is 12.8. The molecule has 0 spiro atoms. The minimum Gasteiger partial charge on any atom is -0.494 e. The van der Waals surface area contributed by atoms with Gasteiger partial charge in [-0.15, -0.1) is 11.3 Å². The molecule has 0 aliphatic carbocycles. The predicted octanol–water partition coefficient (Wildman–Crippen LogP) is 5.35. The zero-order valence-electron chi connectivity index (χ0n) is 19.9. The first-order chi connectivity index (χ1) is 17.0. The number of hydrogen-bond donors (Lipinski definition) is 1. The first kappa shape index (κ1) is 24.3. The van der Waals surface area contributed by atoms with E-state index in [0.717, 1.165) is 23.4 Å². The molecule has 0 atom stereocenters. The van der Waals surface area contributed by atoms with Gasteiger partial charge in [0.05, 0.1) is 18.9 Å². The molecule has 0 fully saturated rings. The predicted molar refractivity (Wildman–Crippen MR) is 136 cm³/mol. The molecule has 0 aliphatic heterocycles. The lowest BCUT2D eigenvalue weighted by atomic mass is 10.0. The molecule has 0 bridgehead atoms. The lowest BCUT2D eigenvalue weighted by molar-refractivity contribution is -0.118. The molecule has 4 rings (SSSR count). The number of rotatable bonds is 10. The number of thiophene rings is 1. The van der Waals surface area contributed by atoms with Gasteiger partial charge in [-0.25, -0.2) is 9.78 Å². The van der Waals surface area contributed by atoms with E-state index in [4.69, 9.17) is 14.2 Å². The van der Waals surface area contributed by atoms with Gasteiger partial charge in [0.2, 0.25) is 0 Å². The van der Waals surface area contributed by atoms with Gasteiger partial charge in [-0.3, -0.25) is 4.79 Å². The topological polar surface area (TPSA) is 91.2 Å². The van der Waals surface area contributed by atoms with Gasteiger partial charge in [-0.2, -0.15) is 0 Å². The van der Waals surface area contributed by atoms with Crippen LogP contribution in [0.15, 0.2) is 54.2 Å². The largest absolute Gasteiger partial charge is 0.494 e. The zero-order chi connectivity index (χ0) is 24.8. The number of nitrogens with one attached hydrogen (secondary N) is 1. The highest BCUT2D eigenvalue weighted by molar-refractivity contribution is 7.15. The molecule has 0 saturated heterocycles. The van der Waals surface area contributed by atoms with Crippen LogP contribution >= 0.6 is 11.3 Å². The zero-order valence-corrected chi connectivity index (χ0v) is 20.7. The fraction of sp³-hybridized carbons (Fsp3) is 0.269. The second-order valence-corrected chi connectivity index (χ2v) is 8.65. The lowest BCUT2D eigenvalue weighted by Crippen LogP contribution is -2.21. The quantitative estimate of drug-likeness (QED) is 0.299. The standard InChI is InChI=1S/C26H27N3O5S/c1-4-13-33-19-10-8-18(9-11-19)20-16-35-25(23(20)26(31)32-5-2)28-22(30)15-34-21-7-6-12-29-14-17(3)27-24(21)29/h6-12,14,16H,4-5,13,15H2,1-3H3,(H,28,30).